The van der Waals surface area contributed by atoms with Crippen molar-refractivity contribution in [2.24, 2.45) is 0 Å². The average molecular weight is 283 g/mol. The van der Waals surface area contributed by atoms with Crippen molar-refractivity contribution >= 4 is 16.7 Å². The van der Waals surface area contributed by atoms with Crippen LogP contribution in [0.2, 0.25) is 0 Å². The lowest BCUT2D eigenvalue weighted by Crippen LogP contribution is -2.24. The first kappa shape index (κ1) is 13.3. The molecule has 0 aliphatic carbocycles. The van der Waals surface area contributed by atoms with Gasteiger partial charge in [0, 0.05) is 18.8 Å². The summed E-state index contributed by atoms with van der Waals surface area (Å²) in [6.07, 6.45) is 1.33. The molecule has 0 aliphatic heterocycles. The Kier molecular flexibility index (Phi) is 3.64. The summed E-state index contributed by atoms with van der Waals surface area (Å²) in [5, 5.41) is 3.17. The Morgan fingerprint density at radius 1 is 1.10 bits per heavy atom. The molecule has 1 N–H and O–H groups in total. The first-order valence-corrected chi connectivity index (χ1v) is 6.68. The summed E-state index contributed by atoms with van der Waals surface area (Å²) in [6.45, 7) is 1.08. The number of halogens is 1. The Labute approximate surface area is 120 Å². The van der Waals surface area contributed by atoms with Gasteiger partial charge in [-0.2, -0.15) is 0 Å². The molecule has 0 fully saturated rings. The molecule has 0 radical (unpaired) electrons. The maximum Gasteiger partial charge on any atom is 0.269 e. The summed E-state index contributed by atoms with van der Waals surface area (Å²) in [5.41, 5.74) is 2.29. The van der Waals surface area contributed by atoms with Gasteiger partial charge in [0.25, 0.3) is 5.56 Å². The van der Waals surface area contributed by atoms with Crippen LogP contribution >= 0.6 is 0 Å². The van der Waals surface area contributed by atoms with E-state index in [0.717, 1.165) is 16.7 Å². The van der Waals surface area contributed by atoms with E-state index in [2.05, 4.69) is 10.3 Å². The highest BCUT2D eigenvalue weighted by atomic mass is 19.1. The second kappa shape index (κ2) is 5.75. The zero-order chi connectivity index (χ0) is 14.7. The zero-order valence-corrected chi connectivity index (χ0v) is 11.3. The third kappa shape index (κ3) is 2.91. The molecule has 106 valence electrons. The summed E-state index contributed by atoms with van der Waals surface area (Å²) >= 11 is 0. The van der Waals surface area contributed by atoms with Crippen LogP contribution in [0.1, 0.15) is 0 Å². The molecule has 0 bridgehead atoms. The van der Waals surface area contributed by atoms with Gasteiger partial charge in [0.1, 0.15) is 5.82 Å². The minimum Gasteiger partial charge on any atom is -0.383 e. The Morgan fingerprint density at radius 3 is 2.67 bits per heavy atom. The van der Waals surface area contributed by atoms with Crippen molar-refractivity contribution in [3.63, 3.8) is 0 Å². The van der Waals surface area contributed by atoms with Crippen LogP contribution in [0.5, 0.6) is 0 Å². The Hall–Kier alpha value is -2.69. The highest BCUT2D eigenvalue weighted by Gasteiger charge is 2.03. The molecule has 2 aromatic carbocycles. The molecular formula is C16H14FN3O. The van der Waals surface area contributed by atoms with E-state index in [1.165, 1.54) is 18.3 Å². The predicted molar refractivity (Wildman–Crippen MR) is 80.9 cm³/mol. The lowest BCUT2D eigenvalue weighted by atomic mass is 10.3. The smallest absolute Gasteiger partial charge is 0.269 e. The van der Waals surface area contributed by atoms with Crippen LogP contribution in [-0.2, 0) is 6.54 Å². The number of nitrogens with one attached hydrogen (secondary N) is 1. The Balaban J connectivity index is 1.77. The predicted octanol–water partition coefficient (Wildman–Crippen LogP) is 2.65. The quantitative estimate of drug-likeness (QED) is 0.800. The first-order chi connectivity index (χ1) is 10.2. The molecule has 4 nitrogen and oxygen atoms in total. The van der Waals surface area contributed by atoms with Gasteiger partial charge in [-0.15, -0.1) is 0 Å². The van der Waals surface area contributed by atoms with Crippen LogP contribution < -0.4 is 10.9 Å². The largest absolute Gasteiger partial charge is 0.383 e. The van der Waals surface area contributed by atoms with Crippen LogP contribution in [0.15, 0.2) is 59.5 Å². The van der Waals surface area contributed by atoms with Gasteiger partial charge < -0.3 is 9.88 Å². The standard InChI is InChI=1S/C16H14FN3O/c17-12-5-7-13(8-6-12)18-9-10-20-15-4-2-1-3-14(15)19-11-16(20)21/h1-8,11,18H,9-10H2. The van der Waals surface area contributed by atoms with Crippen molar-refractivity contribution in [2.45, 2.75) is 6.54 Å². The third-order valence-electron chi connectivity index (χ3n) is 3.26. The molecule has 0 amide bonds. The minimum atomic E-state index is -0.267. The molecule has 5 heteroatoms. The lowest BCUT2D eigenvalue weighted by Gasteiger charge is -2.11. The molecule has 0 atom stereocenters. The van der Waals surface area contributed by atoms with Gasteiger partial charge in [0.2, 0.25) is 0 Å². The van der Waals surface area contributed by atoms with Gasteiger partial charge in [-0.25, -0.2) is 9.37 Å². The fraction of sp³-hybridized carbons (Fsp3) is 0.125. The number of benzene rings is 2. The van der Waals surface area contributed by atoms with Crippen molar-refractivity contribution in [3.8, 4) is 0 Å². The average Bonchev–Trinajstić information content (AvgIpc) is 2.51. The van der Waals surface area contributed by atoms with Gasteiger partial charge in [-0.1, -0.05) is 12.1 Å². The number of nitrogens with zero attached hydrogens (tertiary/aromatic N) is 2. The maximum absolute atomic E-state index is 12.8. The third-order valence-corrected chi connectivity index (χ3v) is 3.26. The molecule has 0 spiro atoms. The van der Waals surface area contributed by atoms with E-state index in [1.54, 1.807) is 16.7 Å². The molecule has 21 heavy (non-hydrogen) atoms. The highest BCUT2D eigenvalue weighted by Crippen LogP contribution is 2.10. The number of hydrogen-bond donors (Lipinski definition) is 1. The zero-order valence-electron chi connectivity index (χ0n) is 11.3. The van der Waals surface area contributed by atoms with Crippen LogP contribution in [0, 0.1) is 5.82 Å². The SMILES string of the molecule is O=c1cnc2ccccc2n1CCNc1ccc(F)cc1. The van der Waals surface area contributed by atoms with Crippen LogP contribution in [0.4, 0.5) is 10.1 Å². The number of rotatable bonds is 4. The first-order valence-electron chi connectivity index (χ1n) is 6.68. The topological polar surface area (TPSA) is 46.9 Å². The minimum absolute atomic E-state index is 0.130. The van der Waals surface area contributed by atoms with Crippen LogP contribution in [0.3, 0.4) is 0 Å². The van der Waals surface area contributed by atoms with Crippen molar-refractivity contribution in [3.05, 3.63) is 70.9 Å². The molecule has 1 heterocycles. The summed E-state index contributed by atoms with van der Waals surface area (Å²) in [5.74, 6) is -0.267. The van der Waals surface area contributed by atoms with E-state index in [1.807, 2.05) is 24.3 Å². The van der Waals surface area contributed by atoms with Crippen molar-refractivity contribution < 1.29 is 4.39 Å². The van der Waals surface area contributed by atoms with E-state index >= 15 is 0 Å². The van der Waals surface area contributed by atoms with Crippen LogP contribution in [-0.4, -0.2) is 16.1 Å². The molecule has 1 aromatic heterocycles. The van der Waals surface area contributed by atoms with Crippen molar-refractivity contribution in [2.75, 3.05) is 11.9 Å². The molecule has 0 unspecified atom stereocenters. The Morgan fingerprint density at radius 2 is 1.86 bits per heavy atom. The lowest BCUT2D eigenvalue weighted by molar-refractivity contribution is 0.628. The van der Waals surface area contributed by atoms with E-state index < -0.39 is 0 Å². The fourth-order valence-corrected chi connectivity index (χ4v) is 2.23. The molecule has 3 aromatic rings. The summed E-state index contributed by atoms with van der Waals surface area (Å²) in [7, 11) is 0. The van der Waals surface area contributed by atoms with Gasteiger partial charge in [-0.3, -0.25) is 4.79 Å². The fourth-order valence-electron chi connectivity index (χ4n) is 2.23. The molecule has 0 aliphatic rings. The second-order valence-corrected chi connectivity index (χ2v) is 4.67. The van der Waals surface area contributed by atoms with E-state index in [-0.39, 0.29) is 11.4 Å². The van der Waals surface area contributed by atoms with Gasteiger partial charge in [0.15, 0.2) is 0 Å². The van der Waals surface area contributed by atoms with Gasteiger partial charge in [-0.05, 0) is 36.4 Å². The highest BCUT2D eigenvalue weighted by molar-refractivity contribution is 5.74. The maximum atomic E-state index is 12.8. The van der Waals surface area contributed by atoms with Gasteiger partial charge >= 0.3 is 0 Å². The second-order valence-electron chi connectivity index (χ2n) is 4.67. The molecule has 0 saturated carbocycles. The van der Waals surface area contributed by atoms with Crippen LogP contribution in [0.25, 0.3) is 11.0 Å². The summed E-state index contributed by atoms with van der Waals surface area (Å²) < 4.78 is 14.5. The summed E-state index contributed by atoms with van der Waals surface area (Å²) in [4.78, 5) is 16.1. The van der Waals surface area contributed by atoms with Crippen molar-refractivity contribution in [1.82, 2.24) is 9.55 Å². The van der Waals surface area contributed by atoms with Crippen molar-refractivity contribution in [1.29, 1.82) is 0 Å². The monoisotopic (exact) mass is 283 g/mol. The number of para-hydroxylation sites is 2. The Bertz CT molecular complexity index is 812. The number of aromatic nitrogens is 2. The molecule has 0 saturated heterocycles. The number of fused-ring (bicyclic) bond motifs is 1. The van der Waals surface area contributed by atoms with E-state index in [9.17, 15) is 9.18 Å². The van der Waals surface area contributed by atoms with Gasteiger partial charge in [0.05, 0.1) is 17.2 Å². The van der Waals surface area contributed by atoms with E-state index in [0.29, 0.717) is 13.1 Å². The molecule has 3 rings (SSSR count). The summed E-state index contributed by atoms with van der Waals surface area (Å²) in [6, 6.07) is 13.7. The number of anilines is 1. The normalized spacial score (nSPS) is 10.7. The molecular weight excluding hydrogens is 269 g/mol. The number of hydrogen-bond acceptors (Lipinski definition) is 3. The van der Waals surface area contributed by atoms with E-state index in [4.69, 9.17) is 0 Å².